The predicted octanol–water partition coefficient (Wildman–Crippen LogP) is 3.33. The van der Waals surface area contributed by atoms with E-state index in [1.807, 2.05) is 13.8 Å². The van der Waals surface area contributed by atoms with Crippen molar-refractivity contribution in [1.82, 2.24) is 4.57 Å². The zero-order valence-corrected chi connectivity index (χ0v) is 16.6. The Kier molecular flexibility index (Phi) is 6.56. The lowest BCUT2D eigenvalue weighted by atomic mass is 10.0. The van der Waals surface area contributed by atoms with Crippen LogP contribution in [0.15, 0.2) is 23.0 Å². The largest absolute Gasteiger partial charge is 0.407 e. The standard InChI is InChI=1S/C18H20FN5O2.C2H6/c1-9-6-7-13(12(19)8-9)23-16-14(15(20)26-18(21)22)10-4-3-5-11(10)17(25)24(16)2;1-2/h6-8,20,23H,3-5H2,1-2H3,(H3,21,22);1-2H3. The molecule has 5 N–H and O–H groups in total. The van der Waals surface area contributed by atoms with Crippen LogP contribution in [0.1, 0.15) is 42.5 Å². The van der Waals surface area contributed by atoms with Gasteiger partial charge in [-0.3, -0.25) is 20.2 Å². The van der Waals surface area contributed by atoms with Crippen molar-refractivity contribution in [3.05, 3.63) is 56.6 Å². The van der Waals surface area contributed by atoms with Crippen LogP contribution in [-0.2, 0) is 24.6 Å². The van der Waals surface area contributed by atoms with Gasteiger partial charge in [0, 0.05) is 12.6 Å². The number of pyridine rings is 1. The second kappa shape index (κ2) is 8.69. The minimum absolute atomic E-state index is 0.181. The van der Waals surface area contributed by atoms with Crippen LogP contribution in [0.2, 0.25) is 0 Å². The number of hydrogen-bond acceptors (Lipinski definition) is 5. The Bertz CT molecular complexity index is 982. The molecule has 0 bridgehead atoms. The molecular formula is C20H26FN5O2. The minimum Gasteiger partial charge on any atom is -0.407 e. The number of anilines is 2. The molecule has 1 aromatic carbocycles. The van der Waals surface area contributed by atoms with E-state index in [-0.39, 0.29) is 23.0 Å². The molecule has 150 valence electrons. The third-order valence-corrected chi connectivity index (χ3v) is 4.47. The van der Waals surface area contributed by atoms with Crippen molar-refractivity contribution in [2.75, 3.05) is 5.32 Å². The molecule has 1 aliphatic rings. The maximum absolute atomic E-state index is 14.3. The predicted molar refractivity (Wildman–Crippen MR) is 109 cm³/mol. The van der Waals surface area contributed by atoms with Crippen LogP contribution in [-0.4, -0.2) is 16.5 Å². The number of rotatable bonds is 3. The normalized spacial score (nSPS) is 11.9. The van der Waals surface area contributed by atoms with Gasteiger partial charge in [0.2, 0.25) is 5.90 Å². The van der Waals surface area contributed by atoms with E-state index in [0.717, 1.165) is 12.0 Å². The van der Waals surface area contributed by atoms with Crippen LogP contribution < -0.4 is 16.6 Å². The Morgan fingerprint density at radius 2 is 1.89 bits per heavy atom. The van der Waals surface area contributed by atoms with Crippen molar-refractivity contribution in [2.24, 2.45) is 12.8 Å². The minimum atomic E-state index is -0.622. The fraction of sp³-hybridized carbons (Fsp3) is 0.350. The van der Waals surface area contributed by atoms with Gasteiger partial charge in [0.05, 0.1) is 11.3 Å². The number of nitrogens with one attached hydrogen (secondary N) is 3. The summed E-state index contributed by atoms with van der Waals surface area (Å²) in [6, 6.07) is 4.07. The smallest absolute Gasteiger partial charge is 0.285 e. The Labute approximate surface area is 163 Å². The maximum atomic E-state index is 14.3. The molecule has 1 heterocycles. The van der Waals surface area contributed by atoms with Crippen LogP contribution in [0.4, 0.5) is 15.9 Å². The van der Waals surface area contributed by atoms with Gasteiger partial charge in [-0.2, -0.15) is 0 Å². The average molecular weight is 387 g/mol. The summed E-state index contributed by atoms with van der Waals surface area (Å²) in [5.41, 5.74) is 7.66. The van der Waals surface area contributed by atoms with Crippen LogP contribution in [0.5, 0.6) is 0 Å². The first-order valence-electron chi connectivity index (χ1n) is 9.18. The number of amidine groups is 1. The molecule has 0 atom stereocenters. The van der Waals surface area contributed by atoms with E-state index in [2.05, 4.69) is 5.32 Å². The van der Waals surface area contributed by atoms with E-state index in [0.29, 0.717) is 29.5 Å². The maximum Gasteiger partial charge on any atom is 0.285 e. The molecule has 0 saturated carbocycles. The van der Waals surface area contributed by atoms with Crippen molar-refractivity contribution in [2.45, 2.75) is 40.0 Å². The fourth-order valence-electron chi connectivity index (χ4n) is 3.27. The first-order valence-corrected chi connectivity index (χ1v) is 9.18. The second-order valence-electron chi connectivity index (χ2n) is 6.30. The third kappa shape index (κ3) is 4.05. The molecule has 28 heavy (non-hydrogen) atoms. The Morgan fingerprint density at radius 3 is 2.50 bits per heavy atom. The van der Waals surface area contributed by atoms with E-state index in [4.69, 9.17) is 21.3 Å². The van der Waals surface area contributed by atoms with Gasteiger partial charge < -0.3 is 15.8 Å². The highest BCUT2D eigenvalue weighted by Gasteiger charge is 2.27. The van der Waals surface area contributed by atoms with E-state index < -0.39 is 11.8 Å². The van der Waals surface area contributed by atoms with Gasteiger partial charge >= 0.3 is 0 Å². The van der Waals surface area contributed by atoms with Crippen LogP contribution in [0, 0.1) is 23.6 Å². The summed E-state index contributed by atoms with van der Waals surface area (Å²) in [5, 5.41) is 18.4. The molecule has 0 spiro atoms. The van der Waals surface area contributed by atoms with E-state index in [1.54, 1.807) is 26.1 Å². The molecule has 1 aliphatic carbocycles. The summed E-state index contributed by atoms with van der Waals surface area (Å²) in [6.45, 7) is 5.78. The van der Waals surface area contributed by atoms with Crippen molar-refractivity contribution < 1.29 is 9.13 Å². The Hall–Kier alpha value is -3.16. The number of aryl methyl sites for hydroxylation is 1. The monoisotopic (exact) mass is 387 g/mol. The number of nitrogens with two attached hydrogens (primary N) is 1. The number of nitrogens with zero attached hydrogens (tertiary/aromatic N) is 1. The van der Waals surface area contributed by atoms with Crippen molar-refractivity contribution in [1.29, 1.82) is 10.8 Å². The van der Waals surface area contributed by atoms with Gasteiger partial charge in [-0.25, -0.2) is 4.39 Å². The summed E-state index contributed by atoms with van der Waals surface area (Å²) < 4.78 is 20.6. The number of benzene rings is 1. The quantitative estimate of drug-likeness (QED) is 0.477. The zero-order chi connectivity index (χ0) is 21.0. The third-order valence-electron chi connectivity index (χ3n) is 4.47. The molecule has 8 heteroatoms. The molecule has 0 fully saturated rings. The van der Waals surface area contributed by atoms with Crippen molar-refractivity contribution in [3.8, 4) is 0 Å². The molecule has 0 amide bonds. The first kappa shape index (κ1) is 21.1. The van der Waals surface area contributed by atoms with Gasteiger partial charge in [-0.1, -0.05) is 19.9 Å². The second-order valence-corrected chi connectivity index (χ2v) is 6.30. The topological polar surface area (TPSA) is 117 Å². The summed E-state index contributed by atoms with van der Waals surface area (Å²) in [5.74, 6) is -0.575. The van der Waals surface area contributed by atoms with Gasteiger partial charge in [-0.05, 0) is 49.4 Å². The summed E-state index contributed by atoms with van der Waals surface area (Å²) >= 11 is 0. The Balaban J connectivity index is 0.00000136. The van der Waals surface area contributed by atoms with E-state index in [1.165, 1.54) is 10.6 Å². The SMILES string of the molecule is CC.Cc1ccc(Nc2c(C(=N)OC(=N)N)c3c(c(=O)n2C)CCC3)c(F)c1. The number of hydrogen-bond donors (Lipinski definition) is 4. The summed E-state index contributed by atoms with van der Waals surface area (Å²) in [7, 11) is 1.56. The molecule has 1 aromatic heterocycles. The molecule has 0 radical (unpaired) electrons. The van der Waals surface area contributed by atoms with Gasteiger partial charge in [-0.15, -0.1) is 0 Å². The lowest BCUT2D eigenvalue weighted by Crippen LogP contribution is -2.29. The van der Waals surface area contributed by atoms with Gasteiger partial charge in [0.1, 0.15) is 11.6 Å². The molecule has 3 rings (SSSR count). The summed E-state index contributed by atoms with van der Waals surface area (Å²) in [4.78, 5) is 12.7. The van der Waals surface area contributed by atoms with Crippen molar-refractivity contribution >= 4 is 23.4 Å². The number of fused-ring (bicyclic) bond motifs is 1. The summed E-state index contributed by atoms with van der Waals surface area (Å²) in [6.07, 6.45) is 2.00. The van der Waals surface area contributed by atoms with Crippen LogP contribution >= 0.6 is 0 Å². The lowest BCUT2D eigenvalue weighted by molar-refractivity contribution is 0.526. The highest BCUT2D eigenvalue weighted by molar-refractivity contribution is 6.04. The van der Waals surface area contributed by atoms with Gasteiger partial charge in [0.25, 0.3) is 11.6 Å². The molecule has 0 unspecified atom stereocenters. The van der Waals surface area contributed by atoms with E-state index >= 15 is 0 Å². The molecule has 0 saturated heterocycles. The molecular weight excluding hydrogens is 361 g/mol. The van der Waals surface area contributed by atoms with Gasteiger partial charge in [0.15, 0.2) is 0 Å². The lowest BCUT2D eigenvalue weighted by Gasteiger charge is -2.20. The van der Waals surface area contributed by atoms with E-state index in [9.17, 15) is 9.18 Å². The molecule has 0 aliphatic heterocycles. The number of ether oxygens (including phenoxy) is 1. The fourth-order valence-corrected chi connectivity index (χ4v) is 3.27. The number of aromatic nitrogens is 1. The highest BCUT2D eigenvalue weighted by atomic mass is 19.1. The molecule has 2 aromatic rings. The van der Waals surface area contributed by atoms with Crippen LogP contribution in [0.3, 0.4) is 0 Å². The van der Waals surface area contributed by atoms with Crippen molar-refractivity contribution in [3.63, 3.8) is 0 Å². The first-order chi connectivity index (χ1) is 13.3. The van der Waals surface area contributed by atoms with Crippen LogP contribution in [0.25, 0.3) is 0 Å². The Morgan fingerprint density at radius 1 is 1.25 bits per heavy atom. The average Bonchev–Trinajstić information content (AvgIpc) is 3.12. The molecule has 7 nitrogen and oxygen atoms in total. The number of halogens is 1. The zero-order valence-electron chi connectivity index (χ0n) is 16.6. The highest BCUT2D eigenvalue weighted by Crippen LogP contribution is 2.31.